The third-order valence-corrected chi connectivity index (χ3v) is 7.27. The number of hydrogen-bond acceptors (Lipinski definition) is 6. The van der Waals surface area contributed by atoms with Gasteiger partial charge < -0.3 is 24.6 Å². The van der Waals surface area contributed by atoms with Crippen molar-refractivity contribution in [3.05, 3.63) is 82.8 Å². The molecule has 7 nitrogen and oxygen atoms in total. The Labute approximate surface area is 222 Å². The summed E-state index contributed by atoms with van der Waals surface area (Å²) in [7, 11) is 4.89. The molecule has 1 aliphatic heterocycles. The van der Waals surface area contributed by atoms with Crippen molar-refractivity contribution in [1.29, 1.82) is 0 Å². The largest absolute Gasteiger partial charge is 0.493 e. The molecule has 4 rings (SSSR count). The summed E-state index contributed by atoms with van der Waals surface area (Å²) >= 11 is 1.39. The molecule has 2 amide bonds. The fourth-order valence-electron chi connectivity index (χ4n) is 4.14. The fraction of sp³-hybridized carbons (Fsp3) is 0.241. The summed E-state index contributed by atoms with van der Waals surface area (Å²) in [4.78, 5) is 31.3. The second kappa shape index (κ2) is 11.9. The Morgan fingerprint density at radius 3 is 2.49 bits per heavy atom. The minimum atomic E-state index is -0.163. The van der Waals surface area contributed by atoms with Gasteiger partial charge in [-0.05, 0) is 61.0 Å². The predicted octanol–water partition coefficient (Wildman–Crippen LogP) is 5.07. The maximum Gasteiger partial charge on any atom is 0.264 e. The van der Waals surface area contributed by atoms with E-state index in [2.05, 4.69) is 29.3 Å². The molecule has 3 aromatic carbocycles. The number of anilines is 2. The normalized spacial score (nSPS) is 13.8. The number of para-hydroxylation sites is 1. The number of ether oxygens (including phenoxy) is 2. The SMILES string of the molecule is CCN(CCNC(=O)c1ccc2c(c1)N(C)C(=O)C(=Cc1ccc(OC)c(OC)c1)S2)c1ccccc1. The molecule has 0 bridgehead atoms. The van der Waals surface area contributed by atoms with Crippen LogP contribution in [0, 0.1) is 0 Å². The van der Waals surface area contributed by atoms with Crippen LogP contribution in [0.25, 0.3) is 6.08 Å². The first-order valence-electron chi connectivity index (χ1n) is 12.1. The van der Waals surface area contributed by atoms with Crippen LogP contribution < -0.4 is 24.6 Å². The zero-order chi connectivity index (χ0) is 26.4. The highest BCUT2D eigenvalue weighted by Gasteiger charge is 2.27. The molecule has 0 saturated carbocycles. The average molecular weight is 518 g/mol. The van der Waals surface area contributed by atoms with Crippen LogP contribution in [0.2, 0.25) is 0 Å². The Kier molecular flexibility index (Phi) is 8.40. The summed E-state index contributed by atoms with van der Waals surface area (Å²) in [5.74, 6) is 0.930. The van der Waals surface area contributed by atoms with E-state index in [-0.39, 0.29) is 11.8 Å². The van der Waals surface area contributed by atoms with E-state index >= 15 is 0 Å². The Balaban J connectivity index is 1.45. The van der Waals surface area contributed by atoms with E-state index in [4.69, 9.17) is 9.47 Å². The van der Waals surface area contributed by atoms with Crippen LogP contribution in [0.3, 0.4) is 0 Å². The van der Waals surface area contributed by atoms with Crippen LogP contribution in [-0.2, 0) is 4.79 Å². The Morgan fingerprint density at radius 1 is 1.03 bits per heavy atom. The zero-order valence-corrected chi connectivity index (χ0v) is 22.3. The van der Waals surface area contributed by atoms with Crippen molar-refractivity contribution < 1.29 is 19.1 Å². The molecular formula is C29H31N3O4S. The number of methoxy groups -OCH3 is 2. The van der Waals surface area contributed by atoms with Crippen LogP contribution in [0.1, 0.15) is 22.8 Å². The molecule has 3 aromatic rings. The first kappa shape index (κ1) is 26.2. The Hall–Kier alpha value is -3.91. The third kappa shape index (κ3) is 5.91. The van der Waals surface area contributed by atoms with E-state index in [1.54, 1.807) is 38.3 Å². The molecule has 1 aliphatic rings. The summed E-state index contributed by atoms with van der Waals surface area (Å²) in [5.41, 5.74) is 3.20. The molecule has 0 aromatic heterocycles. The second-order valence-electron chi connectivity index (χ2n) is 8.44. The number of fused-ring (bicyclic) bond motifs is 1. The molecule has 0 spiro atoms. The van der Waals surface area contributed by atoms with Crippen LogP contribution in [0.4, 0.5) is 11.4 Å². The van der Waals surface area contributed by atoms with E-state index in [0.29, 0.717) is 40.7 Å². The third-order valence-electron chi connectivity index (χ3n) is 6.19. The number of thioether (sulfide) groups is 1. The lowest BCUT2D eigenvalue weighted by atomic mass is 10.1. The maximum absolute atomic E-state index is 13.1. The number of likely N-dealkylation sites (N-methyl/N-ethyl adjacent to an activating group) is 2. The molecule has 0 aliphatic carbocycles. The smallest absolute Gasteiger partial charge is 0.264 e. The van der Waals surface area contributed by atoms with E-state index in [0.717, 1.165) is 22.7 Å². The van der Waals surface area contributed by atoms with Gasteiger partial charge in [0, 0.05) is 42.8 Å². The molecular weight excluding hydrogens is 486 g/mol. The average Bonchev–Trinajstić information content (AvgIpc) is 2.94. The molecule has 8 heteroatoms. The lowest BCUT2D eigenvalue weighted by Crippen LogP contribution is -2.35. The van der Waals surface area contributed by atoms with Crippen molar-refractivity contribution in [3.63, 3.8) is 0 Å². The number of rotatable bonds is 9. The summed E-state index contributed by atoms with van der Waals surface area (Å²) < 4.78 is 10.7. The summed E-state index contributed by atoms with van der Waals surface area (Å²) in [6.45, 7) is 4.16. The number of benzene rings is 3. The van der Waals surface area contributed by atoms with E-state index in [1.807, 2.05) is 48.5 Å². The van der Waals surface area contributed by atoms with E-state index in [9.17, 15) is 9.59 Å². The molecule has 192 valence electrons. The van der Waals surface area contributed by atoms with Gasteiger partial charge in [0.2, 0.25) is 0 Å². The van der Waals surface area contributed by atoms with Gasteiger partial charge in [-0.25, -0.2) is 0 Å². The number of hydrogen-bond donors (Lipinski definition) is 1. The molecule has 0 saturated heterocycles. The van der Waals surface area contributed by atoms with Gasteiger partial charge in [0.15, 0.2) is 11.5 Å². The standard InChI is InChI=1S/C29H31N3O4S/c1-5-32(22-9-7-6-8-10-22)16-15-30-28(33)21-12-14-26-23(19-21)31(2)29(34)27(37-26)18-20-11-13-24(35-3)25(17-20)36-4/h6-14,17-19H,5,15-16H2,1-4H3,(H,30,33). The molecule has 0 atom stereocenters. The summed E-state index contributed by atoms with van der Waals surface area (Å²) in [5, 5.41) is 3.00. The maximum atomic E-state index is 13.1. The highest BCUT2D eigenvalue weighted by Crippen LogP contribution is 2.42. The van der Waals surface area contributed by atoms with Gasteiger partial charge in [-0.15, -0.1) is 0 Å². The van der Waals surface area contributed by atoms with Crippen molar-refractivity contribution in [2.45, 2.75) is 11.8 Å². The molecule has 0 radical (unpaired) electrons. The van der Waals surface area contributed by atoms with Crippen molar-refractivity contribution in [2.24, 2.45) is 0 Å². The van der Waals surface area contributed by atoms with Crippen molar-refractivity contribution in [1.82, 2.24) is 5.32 Å². The summed E-state index contributed by atoms with van der Waals surface area (Å²) in [6, 6.07) is 21.1. The van der Waals surface area contributed by atoms with Gasteiger partial charge in [-0.1, -0.05) is 36.0 Å². The van der Waals surface area contributed by atoms with E-state index < -0.39 is 0 Å². The molecule has 0 unspecified atom stereocenters. The predicted molar refractivity (Wildman–Crippen MR) is 150 cm³/mol. The number of carbonyl (C=O) groups is 2. The molecule has 1 heterocycles. The highest BCUT2D eigenvalue weighted by atomic mass is 32.2. The van der Waals surface area contributed by atoms with Crippen molar-refractivity contribution in [3.8, 4) is 11.5 Å². The van der Waals surface area contributed by atoms with E-state index in [1.165, 1.54) is 11.8 Å². The first-order valence-corrected chi connectivity index (χ1v) is 12.9. The zero-order valence-electron chi connectivity index (χ0n) is 21.5. The van der Waals surface area contributed by atoms with Crippen molar-refractivity contribution >= 4 is 41.0 Å². The fourth-order valence-corrected chi connectivity index (χ4v) is 5.24. The minimum Gasteiger partial charge on any atom is -0.493 e. The van der Waals surface area contributed by atoms with Gasteiger partial charge in [-0.2, -0.15) is 0 Å². The molecule has 37 heavy (non-hydrogen) atoms. The minimum absolute atomic E-state index is 0.133. The summed E-state index contributed by atoms with van der Waals surface area (Å²) in [6.07, 6.45) is 1.83. The number of nitrogens with one attached hydrogen (secondary N) is 1. The first-order chi connectivity index (χ1) is 17.9. The number of nitrogens with zero attached hydrogens (tertiary/aromatic N) is 2. The topological polar surface area (TPSA) is 71.1 Å². The second-order valence-corrected chi connectivity index (χ2v) is 9.53. The van der Waals surface area contributed by atoms with Crippen molar-refractivity contribution in [2.75, 3.05) is 50.7 Å². The van der Waals surface area contributed by atoms with Gasteiger partial charge in [0.05, 0.1) is 24.8 Å². The van der Waals surface area contributed by atoms with Crippen LogP contribution in [0.5, 0.6) is 11.5 Å². The molecule has 1 N–H and O–H groups in total. The Morgan fingerprint density at radius 2 is 1.78 bits per heavy atom. The van der Waals surface area contributed by atoms with Crippen LogP contribution in [-0.4, -0.2) is 52.7 Å². The quantitative estimate of drug-likeness (QED) is 0.400. The van der Waals surface area contributed by atoms with Gasteiger partial charge in [-0.3, -0.25) is 9.59 Å². The lowest BCUT2D eigenvalue weighted by molar-refractivity contribution is -0.114. The van der Waals surface area contributed by atoms with Gasteiger partial charge >= 0.3 is 0 Å². The Bertz CT molecular complexity index is 1310. The molecule has 0 fully saturated rings. The lowest BCUT2D eigenvalue weighted by Gasteiger charge is -2.27. The monoisotopic (exact) mass is 517 g/mol. The van der Waals surface area contributed by atoms with Crippen LogP contribution >= 0.6 is 11.8 Å². The highest BCUT2D eigenvalue weighted by molar-refractivity contribution is 8.04. The van der Waals surface area contributed by atoms with Gasteiger partial charge in [0.1, 0.15) is 0 Å². The van der Waals surface area contributed by atoms with Crippen LogP contribution in [0.15, 0.2) is 76.5 Å². The van der Waals surface area contributed by atoms with Gasteiger partial charge in [0.25, 0.3) is 11.8 Å². The number of amides is 2. The number of carbonyl (C=O) groups excluding carboxylic acids is 2.